The maximum absolute atomic E-state index is 11.9. The van der Waals surface area contributed by atoms with Crippen LogP contribution in [0, 0.1) is 23.7 Å². The smallest absolute Gasteiger partial charge is 0.309 e. The molecular formula is C68H132O4. The summed E-state index contributed by atoms with van der Waals surface area (Å²) in [5.74, 6) is 1.44. The van der Waals surface area contributed by atoms with Crippen molar-refractivity contribution >= 4 is 5.97 Å². The molecule has 0 aromatic heterocycles. The van der Waals surface area contributed by atoms with Crippen LogP contribution < -0.4 is 0 Å². The number of rotatable bonds is 61. The fourth-order valence-corrected chi connectivity index (χ4v) is 12.7. The summed E-state index contributed by atoms with van der Waals surface area (Å²) in [6, 6.07) is 0. The van der Waals surface area contributed by atoms with Gasteiger partial charge in [-0.2, -0.15) is 0 Å². The highest BCUT2D eigenvalue weighted by atomic mass is 16.6. The molecule has 0 spiro atoms. The molecular weight excluding hydrogens is 881 g/mol. The lowest BCUT2D eigenvalue weighted by Gasteiger charge is -2.19. The maximum Gasteiger partial charge on any atom is 0.309 e. The van der Waals surface area contributed by atoms with Crippen LogP contribution in [0.4, 0.5) is 0 Å². The summed E-state index contributed by atoms with van der Waals surface area (Å²) >= 11 is 0. The fourth-order valence-electron chi connectivity index (χ4n) is 12.7. The van der Waals surface area contributed by atoms with Gasteiger partial charge >= 0.3 is 5.97 Å². The Bertz CT molecular complexity index is 1110. The number of aliphatic carboxylic acids is 1. The first kappa shape index (κ1) is 67.5. The zero-order valence-corrected chi connectivity index (χ0v) is 49.6. The van der Waals surface area contributed by atoms with Crippen molar-refractivity contribution in [3.8, 4) is 0 Å². The molecule has 2 fully saturated rings. The van der Waals surface area contributed by atoms with Crippen LogP contribution >= 0.6 is 0 Å². The van der Waals surface area contributed by atoms with Crippen molar-refractivity contribution in [2.75, 3.05) is 0 Å². The Kier molecular flexibility index (Phi) is 48.0. The summed E-state index contributed by atoms with van der Waals surface area (Å²) in [6.07, 6.45) is 77.9. The van der Waals surface area contributed by atoms with E-state index in [-0.39, 0.29) is 0 Å². The van der Waals surface area contributed by atoms with Crippen molar-refractivity contribution in [1.29, 1.82) is 0 Å². The van der Waals surface area contributed by atoms with Crippen molar-refractivity contribution < 1.29 is 19.7 Å². The number of hydrogen-bond donors (Lipinski definition) is 2. The first-order valence-corrected chi connectivity index (χ1v) is 34.0. The Balaban J connectivity index is 1.24. The number of unbranched alkanes of at least 4 members (excludes halogenated alkanes) is 46. The molecule has 0 radical (unpaired) electrons. The topological polar surface area (TPSA) is 70.1 Å². The van der Waals surface area contributed by atoms with E-state index < -0.39 is 18.0 Å². The van der Waals surface area contributed by atoms with E-state index in [1.54, 1.807) is 0 Å². The first-order valence-electron chi connectivity index (χ1n) is 34.0. The van der Waals surface area contributed by atoms with Crippen LogP contribution in [-0.4, -0.2) is 34.5 Å². The van der Waals surface area contributed by atoms with E-state index in [4.69, 9.17) is 4.74 Å². The molecule has 1 saturated carbocycles. The molecule has 1 aliphatic heterocycles. The lowest BCUT2D eigenvalue weighted by Crippen LogP contribution is -2.28. The number of carboxylic acids is 1. The highest BCUT2D eigenvalue weighted by Crippen LogP contribution is 2.46. The standard InChI is InChI=1S/C68H132O4/c1-4-6-8-10-12-14-16-18-20-21-22-23-24-25-27-29-34-38-45-51-57-64(68(70)71)65(69)58-52-46-41-40-44-50-56-63-60-62(63)55-49-43-37-33-30-31-35-39-47-53-59-66-67(72-66)61(3)54-48-42-36-32-28-26-19-17-15-13-11-9-7-5-2/h61-67,69H,4-60H2,1-3H3,(H,70,71)/t61-,62+,63+,64-,65-,66+,67+/m1/s1. The molecule has 2 rings (SSSR count). The van der Waals surface area contributed by atoms with Crippen LogP contribution in [0.15, 0.2) is 0 Å². The molecule has 0 aromatic carbocycles. The van der Waals surface area contributed by atoms with Gasteiger partial charge in [-0.1, -0.05) is 355 Å². The number of carboxylic acid groups (broad SMARTS) is 1. The Morgan fingerprint density at radius 2 is 0.639 bits per heavy atom. The second-order valence-electron chi connectivity index (χ2n) is 25.1. The predicted octanol–water partition coefficient (Wildman–Crippen LogP) is 23.0. The fraction of sp³-hybridized carbons (Fsp3) is 0.985. The van der Waals surface area contributed by atoms with E-state index in [0.29, 0.717) is 25.0 Å². The van der Waals surface area contributed by atoms with Gasteiger partial charge in [-0.05, 0) is 49.9 Å². The van der Waals surface area contributed by atoms with E-state index in [0.717, 1.165) is 43.4 Å². The molecule has 4 nitrogen and oxygen atoms in total. The maximum atomic E-state index is 11.9. The van der Waals surface area contributed by atoms with Crippen molar-refractivity contribution in [2.24, 2.45) is 23.7 Å². The van der Waals surface area contributed by atoms with Crippen molar-refractivity contribution in [3.63, 3.8) is 0 Å². The summed E-state index contributed by atoms with van der Waals surface area (Å²) < 4.78 is 6.13. The zero-order valence-electron chi connectivity index (χ0n) is 49.6. The molecule has 1 saturated heterocycles. The third kappa shape index (κ3) is 42.5. The van der Waals surface area contributed by atoms with Crippen LogP contribution in [0.5, 0.6) is 0 Å². The van der Waals surface area contributed by atoms with Gasteiger partial charge in [0.2, 0.25) is 0 Å². The molecule has 4 heteroatoms. The molecule has 72 heavy (non-hydrogen) atoms. The monoisotopic (exact) mass is 1010 g/mol. The van der Waals surface area contributed by atoms with Crippen LogP contribution in [0.3, 0.4) is 0 Å². The van der Waals surface area contributed by atoms with Crippen LogP contribution in [0.2, 0.25) is 0 Å². The second kappa shape index (κ2) is 51.2. The van der Waals surface area contributed by atoms with Crippen molar-refractivity contribution in [2.45, 2.75) is 405 Å². The molecule has 0 unspecified atom stereocenters. The van der Waals surface area contributed by atoms with Gasteiger partial charge in [0.15, 0.2) is 0 Å². The van der Waals surface area contributed by atoms with Gasteiger partial charge in [-0.15, -0.1) is 0 Å². The zero-order chi connectivity index (χ0) is 51.6. The van der Waals surface area contributed by atoms with Crippen LogP contribution in [-0.2, 0) is 9.53 Å². The van der Waals surface area contributed by atoms with E-state index in [1.807, 2.05) is 0 Å². The number of ether oxygens (including phenoxy) is 1. The molecule has 0 bridgehead atoms. The Morgan fingerprint density at radius 1 is 0.375 bits per heavy atom. The molecule has 1 aliphatic carbocycles. The largest absolute Gasteiger partial charge is 0.481 e. The van der Waals surface area contributed by atoms with E-state index in [1.165, 1.54) is 327 Å². The number of aliphatic hydroxyl groups is 1. The highest BCUT2D eigenvalue weighted by molar-refractivity contribution is 5.70. The van der Waals surface area contributed by atoms with E-state index >= 15 is 0 Å². The number of carbonyl (C=O) groups is 1. The highest BCUT2D eigenvalue weighted by Gasteiger charge is 2.41. The second-order valence-corrected chi connectivity index (χ2v) is 25.1. The molecule has 2 N–H and O–H groups in total. The summed E-state index contributed by atoms with van der Waals surface area (Å²) in [6.45, 7) is 7.05. The Hall–Kier alpha value is -0.610. The summed E-state index contributed by atoms with van der Waals surface area (Å²) in [5.41, 5.74) is 0. The quantitative estimate of drug-likeness (QED) is 0.0470. The average molecular weight is 1010 g/mol. The molecule has 0 amide bonds. The summed E-state index contributed by atoms with van der Waals surface area (Å²) in [5, 5.41) is 20.5. The van der Waals surface area contributed by atoms with Gasteiger partial charge in [-0.25, -0.2) is 0 Å². The summed E-state index contributed by atoms with van der Waals surface area (Å²) in [4.78, 5) is 11.9. The third-order valence-electron chi connectivity index (χ3n) is 18.1. The lowest BCUT2D eigenvalue weighted by atomic mass is 9.91. The minimum atomic E-state index is -0.798. The lowest BCUT2D eigenvalue weighted by molar-refractivity contribution is -0.146. The number of hydrogen-bond acceptors (Lipinski definition) is 3. The van der Waals surface area contributed by atoms with Crippen LogP contribution in [0.1, 0.15) is 387 Å². The van der Waals surface area contributed by atoms with Crippen LogP contribution in [0.25, 0.3) is 0 Å². The van der Waals surface area contributed by atoms with Gasteiger partial charge in [0, 0.05) is 0 Å². The molecule has 0 aromatic rings. The third-order valence-corrected chi connectivity index (χ3v) is 18.1. The number of aliphatic hydroxyl groups excluding tert-OH is 1. The van der Waals surface area contributed by atoms with Crippen molar-refractivity contribution in [3.05, 3.63) is 0 Å². The van der Waals surface area contributed by atoms with Crippen molar-refractivity contribution in [1.82, 2.24) is 0 Å². The summed E-state index contributed by atoms with van der Waals surface area (Å²) in [7, 11) is 0. The van der Waals surface area contributed by atoms with Gasteiger partial charge in [0.1, 0.15) is 0 Å². The Labute approximate surface area is 452 Å². The Morgan fingerprint density at radius 3 is 0.958 bits per heavy atom. The first-order chi connectivity index (χ1) is 35.5. The normalized spacial score (nSPS) is 18.7. The predicted molar refractivity (Wildman–Crippen MR) is 316 cm³/mol. The van der Waals surface area contributed by atoms with Gasteiger partial charge in [0.25, 0.3) is 0 Å². The minimum absolute atomic E-state index is 0.577. The van der Waals surface area contributed by atoms with Gasteiger partial charge in [0.05, 0.1) is 24.2 Å². The van der Waals surface area contributed by atoms with Gasteiger partial charge < -0.3 is 14.9 Å². The number of epoxide rings is 1. The molecule has 428 valence electrons. The van der Waals surface area contributed by atoms with E-state index in [2.05, 4.69) is 20.8 Å². The van der Waals surface area contributed by atoms with E-state index in [9.17, 15) is 15.0 Å². The average Bonchev–Trinajstić information content (AvgIpc) is 4.32. The SMILES string of the molecule is CCCCCCCCCCCCCCCCCCCCCC[C@@H](C(=O)O)[C@H](O)CCCCCCCC[C@H]1C[C@@H]1CCCCCCCCCCCC[C@@H]1O[C@H]1[C@H](C)CCCCCCCCCCCCCCCC. The molecule has 1 heterocycles. The minimum Gasteiger partial charge on any atom is -0.481 e. The van der Waals surface area contributed by atoms with Gasteiger partial charge in [-0.3, -0.25) is 4.79 Å². The molecule has 2 aliphatic rings. The molecule has 7 atom stereocenters.